The minimum absolute atomic E-state index is 0.141. The van der Waals surface area contributed by atoms with Gasteiger partial charge in [-0.15, -0.1) is 0 Å². The lowest BCUT2D eigenvalue weighted by atomic mass is 9.82. The third-order valence-corrected chi connectivity index (χ3v) is 8.82. The fourth-order valence-electron chi connectivity index (χ4n) is 6.28. The zero-order valence-corrected chi connectivity index (χ0v) is 23.3. The van der Waals surface area contributed by atoms with Crippen LogP contribution in [0.4, 0.5) is 5.69 Å². The maximum absolute atomic E-state index is 13.3. The summed E-state index contributed by atoms with van der Waals surface area (Å²) in [5.41, 5.74) is 3.91. The Morgan fingerprint density at radius 3 is 2.62 bits per heavy atom. The van der Waals surface area contributed by atoms with Crippen LogP contribution in [0.3, 0.4) is 0 Å². The molecule has 2 unspecified atom stereocenters. The van der Waals surface area contributed by atoms with E-state index in [0.29, 0.717) is 23.0 Å². The first-order chi connectivity index (χ1) is 18.8. The highest BCUT2D eigenvalue weighted by molar-refractivity contribution is 6.07. The molecule has 0 saturated carbocycles. The van der Waals surface area contributed by atoms with E-state index < -0.39 is 5.54 Å². The summed E-state index contributed by atoms with van der Waals surface area (Å²) in [4.78, 5) is 28.1. The first-order valence-corrected chi connectivity index (χ1v) is 13.6. The van der Waals surface area contributed by atoms with Gasteiger partial charge in [0.25, 0.3) is 5.91 Å². The Morgan fingerprint density at radius 1 is 1.10 bits per heavy atom. The summed E-state index contributed by atoms with van der Waals surface area (Å²) in [6.07, 6.45) is 6.16. The number of nitrogens with one attached hydrogen (secondary N) is 1. The second-order valence-corrected chi connectivity index (χ2v) is 11.1. The van der Waals surface area contributed by atoms with Crippen molar-refractivity contribution in [3.8, 4) is 5.75 Å². The lowest BCUT2D eigenvalue weighted by Crippen LogP contribution is -2.53. The predicted molar refractivity (Wildman–Crippen MR) is 157 cm³/mol. The molecule has 1 aromatic heterocycles. The number of ether oxygens (including phenoxy) is 1. The van der Waals surface area contributed by atoms with Crippen LogP contribution in [0.2, 0.25) is 0 Å². The summed E-state index contributed by atoms with van der Waals surface area (Å²) in [7, 11) is 5.73. The molecule has 1 fully saturated rings. The highest BCUT2D eigenvalue weighted by atomic mass is 16.5. The van der Waals surface area contributed by atoms with Crippen LogP contribution in [-0.4, -0.2) is 64.6 Å². The van der Waals surface area contributed by atoms with Gasteiger partial charge in [-0.2, -0.15) is 0 Å². The molecular weight excluding hydrogens is 488 g/mol. The van der Waals surface area contributed by atoms with Gasteiger partial charge in [-0.05, 0) is 76.7 Å². The van der Waals surface area contributed by atoms with Crippen molar-refractivity contribution in [3.05, 3.63) is 72.2 Å². The number of carbonyl (C=O) groups excluding carboxylic acids is 1. The van der Waals surface area contributed by atoms with Crippen molar-refractivity contribution in [1.29, 1.82) is 0 Å². The van der Waals surface area contributed by atoms with E-state index in [-0.39, 0.29) is 11.9 Å². The summed E-state index contributed by atoms with van der Waals surface area (Å²) in [6, 6.07) is 15.7. The molecular formula is C31H36N6O2. The Balaban J connectivity index is 1.32. The van der Waals surface area contributed by atoms with Crippen molar-refractivity contribution in [1.82, 2.24) is 14.4 Å². The summed E-state index contributed by atoms with van der Waals surface area (Å²) in [5.74, 6) is 2.00. The van der Waals surface area contributed by atoms with Crippen LogP contribution in [-0.2, 0) is 7.05 Å². The van der Waals surface area contributed by atoms with E-state index >= 15 is 0 Å². The third-order valence-electron chi connectivity index (χ3n) is 8.82. The van der Waals surface area contributed by atoms with Gasteiger partial charge in [0.15, 0.2) is 0 Å². The van der Waals surface area contributed by atoms with Crippen molar-refractivity contribution in [2.24, 2.45) is 23.0 Å². The number of hydrogen-bond acceptors (Lipinski definition) is 6. The molecule has 0 spiro atoms. The lowest BCUT2D eigenvalue weighted by molar-refractivity contribution is 0.101. The number of anilines is 1. The van der Waals surface area contributed by atoms with E-state index in [0.717, 1.165) is 53.9 Å². The zero-order valence-electron chi connectivity index (χ0n) is 23.3. The Bertz CT molecular complexity index is 1530. The number of hydrogen-bond donors (Lipinski definition) is 1. The summed E-state index contributed by atoms with van der Waals surface area (Å²) >= 11 is 0. The number of aliphatic imine (C=N–C) groups is 2. The number of likely N-dealkylation sites (tertiary alicyclic amines) is 1. The average Bonchev–Trinajstić information content (AvgIpc) is 3.45. The Morgan fingerprint density at radius 2 is 1.87 bits per heavy atom. The molecule has 0 radical (unpaired) electrons. The van der Waals surface area contributed by atoms with Crippen molar-refractivity contribution in [2.75, 3.05) is 32.6 Å². The number of carbonyl (C=O) groups is 1. The van der Waals surface area contributed by atoms with E-state index in [1.807, 2.05) is 60.3 Å². The number of aromatic nitrogens is 1. The minimum atomic E-state index is -0.396. The molecule has 3 aliphatic rings. The highest BCUT2D eigenvalue weighted by Crippen LogP contribution is 2.46. The van der Waals surface area contributed by atoms with Crippen molar-refractivity contribution in [2.45, 2.75) is 38.3 Å². The summed E-state index contributed by atoms with van der Waals surface area (Å²) in [5, 5.41) is 4.10. The molecule has 39 heavy (non-hydrogen) atoms. The van der Waals surface area contributed by atoms with Crippen LogP contribution in [0.1, 0.15) is 48.8 Å². The zero-order chi connectivity index (χ0) is 27.3. The van der Waals surface area contributed by atoms with Crippen molar-refractivity contribution in [3.63, 3.8) is 0 Å². The maximum Gasteiger partial charge on any atom is 0.272 e. The van der Waals surface area contributed by atoms with E-state index in [1.54, 1.807) is 7.11 Å². The SMILES string of the molecule is COc1cc(C2N=C(C3CCN(C)CC3)N3C=CN=C(C)C23C)ccc1NC(=O)c1cc2ccccc2n1C. The van der Waals surface area contributed by atoms with Gasteiger partial charge in [-0.25, -0.2) is 0 Å². The van der Waals surface area contributed by atoms with Gasteiger partial charge in [0.05, 0.1) is 12.8 Å². The number of para-hydroxylation sites is 1. The summed E-state index contributed by atoms with van der Waals surface area (Å²) < 4.78 is 7.70. The molecule has 2 atom stereocenters. The van der Waals surface area contributed by atoms with Crippen LogP contribution in [0.15, 0.2) is 70.9 Å². The van der Waals surface area contributed by atoms with E-state index in [2.05, 4.69) is 48.3 Å². The lowest BCUT2D eigenvalue weighted by Gasteiger charge is -2.42. The Labute approximate surface area is 229 Å². The predicted octanol–water partition coefficient (Wildman–Crippen LogP) is 5.24. The smallest absolute Gasteiger partial charge is 0.272 e. The van der Waals surface area contributed by atoms with Gasteiger partial charge < -0.3 is 24.4 Å². The van der Waals surface area contributed by atoms with E-state index in [9.17, 15) is 4.79 Å². The number of aryl methyl sites for hydroxylation is 1. The fraction of sp³-hybridized carbons (Fsp3) is 0.387. The number of rotatable bonds is 5. The minimum Gasteiger partial charge on any atom is -0.495 e. The first kappa shape index (κ1) is 25.4. The first-order valence-electron chi connectivity index (χ1n) is 13.6. The monoisotopic (exact) mass is 524 g/mol. The molecule has 1 saturated heterocycles. The quantitative estimate of drug-likeness (QED) is 0.495. The molecule has 202 valence electrons. The van der Waals surface area contributed by atoms with Crippen LogP contribution in [0.5, 0.6) is 5.75 Å². The highest BCUT2D eigenvalue weighted by Gasteiger charge is 2.51. The van der Waals surface area contributed by atoms with Crippen molar-refractivity contribution >= 4 is 34.0 Å². The van der Waals surface area contributed by atoms with Gasteiger partial charge in [-0.1, -0.05) is 24.3 Å². The number of nitrogens with zero attached hydrogens (tertiary/aromatic N) is 5. The van der Waals surface area contributed by atoms with Gasteiger partial charge in [0, 0.05) is 42.0 Å². The fourth-order valence-corrected chi connectivity index (χ4v) is 6.28. The van der Waals surface area contributed by atoms with Gasteiger partial charge in [0.2, 0.25) is 0 Å². The molecule has 0 bridgehead atoms. The number of methoxy groups -OCH3 is 1. The Kier molecular flexibility index (Phi) is 6.30. The van der Waals surface area contributed by atoms with Gasteiger partial charge >= 0.3 is 0 Å². The van der Waals surface area contributed by atoms with E-state index in [4.69, 9.17) is 14.7 Å². The van der Waals surface area contributed by atoms with Gasteiger partial charge in [0.1, 0.15) is 28.9 Å². The summed E-state index contributed by atoms with van der Waals surface area (Å²) in [6.45, 7) is 6.48. The van der Waals surface area contributed by atoms with Gasteiger partial charge in [-0.3, -0.25) is 14.8 Å². The standard InChI is InChI=1S/C31H36N6O2/c1-20-31(2)28(34-29(37(31)17-14-32-20)21-12-15-35(3)16-13-21)23-10-11-24(27(19-23)39-5)33-30(38)26-18-22-8-6-7-9-25(22)36(26)4/h6-11,14,17-19,21,28H,12-13,15-16H2,1-5H3,(H,33,38). The Hall–Kier alpha value is -3.91. The topological polar surface area (TPSA) is 74.5 Å². The molecule has 8 nitrogen and oxygen atoms in total. The number of fused-ring (bicyclic) bond motifs is 2. The number of piperidine rings is 1. The molecule has 0 aliphatic carbocycles. The molecule has 3 aromatic rings. The van der Waals surface area contributed by atoms with Crippen molar-refractivity contribution < 1.29 is 9.53 Å². The molecule has 3 aliphatic heterocycles. The molecule has 4 heterocycles. The third kappa shape index (κ3) is 4.14. The van der Waals surface area contributed by atoms with E-state index in [1.165, 1.54) is 0 Å². The molecule has 6 rings (SSSR count). The molecule has 8 heteroatoms. The van der Waals surface area contributed by atoms with Crippen LogP contribution in [0, 0.1) is 5.92 Å². The van der Waals surface area contributed by atoms with Crippen LogP contribution >= 0.6 is 0 Å². The van der Waals surface area contributed by atoms with Crippen LogP contribution in [0.25, 0.3) is 10.9 Å². The second-order valence-electron chi connectivity index (χ2n) is 11.1. The van der Waals surface area contributed by atoms with Crippen LogP contribution < -0.4 is 10.1 Å². The maximum atomic E-state index is 13.3. The number of amides is 1. The molecule has 2 aromatic carbocycles. The molecule has 1 amide bonds. The largest absolute Gasteiger partial charge is 0.495 e. The average molecular weight is 525 g/mol. The normalized spacial score (nSPS) is 23.5. The second kappa shape index (κ2) is 9.68. The number of amidine groups is 1. The number of benzene rings is 2. The molecule has 1 N–H and O–H groups in total.